The van der Waals surface area contributed by atoms with Crippen molar-refractivity contribution in [2.24, 2.45) is 0 Å². The Labute approximate surface area is 137 Å². The molecular weight excluding hydrogens is 276 g/mol. The van der Waals surface area contributed by atoms with Crippen LogP contribution in [0.15, 0.2) is 12.2 Å². The van der Waals surface area contributed by atoms with Crippen LogP contribution in [0, 0.1) is 0 Å². The van der Waals surface area contributed by atoms with Crippen LogP contribution in [0.1, 0.15) is 90.4 Å². The highest BCUT2D eigenvalue weighted by Gasteiger charge is 2.00. The van der Waals surface area contributed by atoms with Crippen LogP contribution in [0.4, 0.5) is 0 Å². The molecular formula is C19H36O3. The Hall–Kier alpha value is -0.830. The molecule has 0 amide bonds. The normalized spacial score (nSPS) is 12.7. The third-order valence-corrected chi connectivity index (χ3v) is 3.94. The highest BCUT2D eigenvalue weighted by molar-refractivity contribution is 5.68. The molecule has 0 aliphatic carbocycles. The number of hydrogen-bond donors (Lipinski definition) is 1. The number of aliphatic hydroxyl groups excluding tert-OH is 1. The van der Waals surface area contributed by atoms with Crippen LogP contribution >= 0.6 is 0 Å². The average Bonchev–Trinajstić information content (AvgIpc) is 2.52. The molecule has 3 heteroatoms. The molecule has 0 aliphatic heterocycles. The van der Waals surface area contributed by atoms with Crippen LogP contribution in [0.25, 0.3) is 0 Å². The van der Waals surface area contributed by atoms with Crippen molar-refractivity contribution in [1.29, 1.82) is 0 Å². The highest BCUT2D eigenvalue weighted by Crippen LogP contribution is 2.11. The number of rotatable bonds is 15. The summed E-state index contributed by atoms with van der Waals surface area (Å²) in [6, 6.07) is 0. The standard InChI is InChI=1S/C19H36O3/c1-3-4-5-6-9-12-15-18(20)16-13-10-7-8-11-14-17-19(21)22-2/h12,15,18,20H,3-11,13-14,16-17H2,1-2H3/b15-12+. The number of esters is 1. The Bertz CT molecular complexity index is 274. The van der Waals surface area contributed by atoms with Crippen molar-refractivity contribution < 1.29 is 14.6 Å². The van der Waals surface area contributed by atoms with Crippen molar-refractivity contribution in [2.45, 2.75) is 96.5 Å². The molecule has 0 radical (unpaired) electrons. The molecule has 22 heavy (non-hydrogen) atoms. The predicted octanol–water partition coefficient (Wildman–Crippen LogP) is 5.17. The molecule has 1 atom stereocenters. The van der Waals surface area contributed by atoms with Crippen molar-refractivity contribution in [1.82, 2.24) is 0 Å². The minimum absolute atomic E-state index is 0.107. The van der Waals surface area contributed by atoms with Gasteiger partial charge in [0.25, 0.3) is 0 Å². The molecule has 0 saturated carbocycles. The highest BCUT2D eigenvalue weighted by atomic mass is 16.5. The zero-order chi connectivity index (χ0) is 16.5. The zero-order valence-electron chi connectivity index (χ0n) is 14.7. The fraction of sp³-hybridized carbons (Fsp3) is 0.842. The molecule has 0 aromatic rings. The van der Waals surface area contributed by atoms with Gasteiger partial charge in [0.05, 0.1) is 13.2 Å². The monoisotopic (exact) mass is 312 g/mol. The van der Waals surface area contributed by atoms with E-state index in [4.69, 9.17) is 0 Å². The van der Waals surface area contributed by atoms with Gasteiger partial charge in [-0.05, 0) is 25.7 Å². The molecule has 3 nitrogen and oxygen atoms in total. The van der Waals surface area contributed by atoms with Crippen molar-refractivity contribution in [2.75, 3.05) is 7.11 Å². The topological polar surface area (TPSA) is 46.5 Å². The number of methoxy groups -OCH3 is 1. The molecule has 0 aromatic carbocycles. The van der Waals surface area contributed by atoms with Gasteiger partial charge in [0, 0.05) is 6.42 Å². The lowest BCUT2D eigenvalue weighted by Gasteiger charge is -2.05. The number of allylic oxidation sites excluding steroid dienone is 1. The van der Waals surface area contributed by atoms with E-state index in [1.54, 1.807) is 0 Å². The van der Waals surface area contributed by atoms with Gasteiger partial charge in [-0.25, -0.2) is 0 Å². The van der Waals surface area contributed by atoms with Gasteiger partial charge in [-0.1, -0.05) is 70.4 Å². The van der Waals surface area contributed by atoms with E-state index in [0.29, 0.717) is 6.42 Å². The summed E-state index contributed by atoms with van der Waals surface area (Å²) in [5, 5.41) is 9.84. The van der Waals surface area contributed by atoms with E-state index >= 15 is 0 Å². The van der Waals surface area contributed by atoms with Gasteiger partial charge in [-0.2, -0.15) is 0 Å². The van der Waals surface area contributed by atoms with Gasteiger partial charge in [-0.15, -0.1) is 0 Å². The minimum Gasteiger partial charge on any atom is -0.469 e. The summed E-state index contributed by atoms with van der Waals surface area (Å²) in [5.74, 6) is -0.107. The summed E-state index contributed by atoms with van der Waals surface area (Å²) in [7, 11) is 1.44. The van der Waals surface area contributed by atoms with Crippen molar-refractivity contribution in [3.05, 3.63) is 12.2 Å². The Morgan fingerprint density at radius 3 is 2.32 bits per heavy atom. The van der Waals surface area contributed by atoms with Crippen LogP contribution < -0.4 is 0 Å². The van der Waals surface area contributed by atoms with E-state index in [0.717, 1.165) is 32.1 Å². The maximum Gasteiger partial charge on any atom is 0.305 e. The third-order valence-electron chi connectivity index (χ3n) is 3.94. The first-order valence-corrected chi connectivity index (χ1v) is 9.12. The first-order chi connectivity index (χ1) is 10.7. The molecule has 0 aliphatic rings. The number of carbonyl (C=O) groups excluding carboxylic acids is 1. The van der Waals surface area contributed by atoms with E-state index in [2.05, 4.69) is 17.7 Å². The Balaban J connectivity index is 3.29. The van der Waals surface area contributed by atoms with Gasteiger partial charge >= 0.3 is 5.97 Å². The quantitative estimate of drug-likeness (QED) is 0.258. The second-order valence-electron chi connectivity index (χ2n) is 6.08. The van der Waals surface area contributed by atoms with Gasteiger partial charge < -0.3 is 9.84 Å². The number of hydrogen-bond acceptors (Lipinski definition) is 3. The van der Waals surface area contributed by atoms with Crippen LogP contribution in [-0.4, -0.2) is 24.3 Å². The summed E-state index contributed by atoms with van der Waals surface area (Å²) in [6.45, 7) is 2.22. The maximum atomic E-state index is 10.9. The van der Waals surface area contributed by atoms with Crippen LogP contribution in [-0.2, 0) is 9.53 Å². The second-order valence-corrected chi connectivity index (χ2v) is 6.08. The number of carbonyl (C=O) groups is 1. The molecule has 0 heterocycles. The van der Waals surface area contributed by atoms with Gasteiger partial charge in [-0.3, -0.25) is 4.79 Å². The van der Waals surface area contributed by atoms with E-state index in [1.165, 1.54) is 52.1 Å². The third kappa shape index (κ3) is 15.6. The number of unbranched alkanes of at least 4 members (excludes halogenated alkanes) is 9. The molecule has 0 rings (SSSR count). The molecule has 1 unspecified atom stereocenters. The van der Waals surface area contributed by atoms with Crippen LogP contribution in [0.3, 0.4) is 0 Å². The smallest absolute Gasteiger partial charge is 0.305 e. The molecule has 0 spiro atoms. The lowest BCUT2D eigenvalue weighted by Crippen LogP contribution is -2.01. The van der Waals surface area contributed by atoms with Gasteiger partial charge in [0.15, 0.2) is 0 Å². The zero-order valence-corrected chi connectivity index (χ0v) is 14.7. The minimum atomic E-state index is -0.273. The fourth-order valence-corrected chi connectivity index (χ4v) is 2.47. The number of aliphatic hydroxyl groups is 1. The summed E-state index contributed by atoms with van der Waals surface area (Å²) in [4.78, 5) is 10.9. The van der Waals surface area contributed by atoms with Crippen molar-refractivity contribution in [3.63, 3.8) is 0 Å². The van der Waals surface area contributed by atoms with Gasteiger partial charge in [0.2, 0.25) is 0 Å². The van der Waals surface area contributed by atoms with Crippen molar-refractivity contribution >= 4 is 5.97 Å². The van der Waals surface area contributed by atoms with Crippen molar-refractivity contribution in [3.8, 4) is 0 Å². The fourth-order valence-electron chi connectivity index (χ4n) is 2.47. The molecule has 0 bridgehead atoms. The SMILES string of the molecule is CCCCCC/C=C/C(O)CCCCCCCCC(=O)OC. The van der Waals surface area contributed by atoms with E-state index in [-0.39, 0.29) is 12.1 Å². The summed E-state index contributed by atoms with van der Waals surface area (Å²) in [5.41, 5.74) is 0. The predicted molar refractivity (Wildman–Crippen MR) is 92.9 cm³/mol. The summed E-state index contributed by atoms with van der Waals surface area (Å²) in [6.07, 6.45) is 18.1. The van der Waals surface area contributed by atoms with E-state index < -0.39 is 0 Å². The molecule has 0 fully saturated rings. The molecule has 130 valence electrons. The summed E-state index contributed by atoms with van der Waals surface area (Å²) >= 11 is 0. The Morgan fingerprint density at radius 2 is 1.64 bits per heavy atom. The first-order valence-electron chi connectivity index (χ1n) is 9.12. The molecule has 1 N–H and O–H groups in total. The molecule has 0 saturated heterocycles. The largest absolute Gasteiger partial charge is 0.469 e. The van der Waals surface area contributed by atoms with E-state index in [1.807, 2.05) is 6.08 Å². The lowest BCUT2D eigenvalue weighted by atomic mass is 10.1. The Morgan fingerprint density at radius 1 is 1.00 bits per heavy atom. The van der Waals surface area contributed by atoms with E-state index in [9.17, 15) is 9.90 Å². The van der Waals surface area contributed by atoms with Gasteiger partial charge in [0.1, 0.15) is 0 Å². The van der Waals surface area contributed by atoms with Crippen LogP contribution in [0.5, 0.6) is 0 Å². The Kier molecular flexibility index (Phi) is 15.9. The lowest BCUT2D eigenvalue weighted by molar-refractivity contribution is -0.140. The first kappa shape index (κ1) is 21.2. The van der Waals surface area contributed by atoms with Crippen LogP contribution in [0.2, 0.25) is 0 Å². The molecule has 0 aromatic heterocycles. The number of ether oxygens (including phenoxy) is 1. The average molecular weight is 312 g/mol. The maximum absolute atomic E-state index is 10.9. The summed E-state index contributed by atoms with van der Waals surface area (Å²) < 4.78 is 4.61. The second kappa shape index (κ2) is 16.5.